The van der Waals surface area contributed by atoms with Crippen LogP contribution in [-0.4, -0.2) is 28.0 Å². The van der Waals surface area contributed by atoms with Gasteiger partial charge >= 0.3 is 5.97 Å². The highest BCUT2D eigenvalue weighted by Gasteiger charge is 2.16. The molecule has 1 amide bonds. The average Bonchev–Trinajstić information content (AvgIpc) is 2.83. The van der Waals surface area contributed by atoms with Gasteiger partial charge in [-0.2, -0.15) is 0 Å². The molecule has 6 heteroatoms. The third-order valence-electron chi connectivity index (χ3n) is 3.74. The Morgan fingerprint density at radius 2 is 2.09 bits per heavy atom. The molecule has 0 spiro atoms. The van der Waals surface area contributed by atoms with Crippen LogP contribution >= 0.6 is 11.3 Å². The SMILES string of the molecule is Cc1nc2ccc(CCC(=O)NC(C)CC(C)C(=O)O)cc2s1. The molecular weight excluding hydrogens is 312 g/mol. The standard InChI is InChI=1S/C17H22N2O3S/c1-10(17(21)22)8-11(2)18-16(20)7-5-13-4-6-14-15(9-13)23-12(3)19-14/h4,6,9-11H,5,7-8H2,1-3H3,(H,18,20)(H,21,22). The third kappa shape index (κ3) is 5.03. The fourth-order valence-electron chi connectivity index (χ4n) is 2.53. The Morgan fingerprint density at radius 3 is 2.78 bits per heavy atom. The van der Waals surface area contributed by atoms with Crippen LogP contribution in [-0.2, 0) is 16.0 Å². The molecule has 2 N–H and O–H groups in total. The zero-order valence-corrected chi connectivity index (χ0v) is 14.4. The quantitative estimate of drug-likeness (QED) is 0.815. The number of carbonyl (C=O) groups is 2. The number of aliphatic carboxylic acids is 1. The van der Waals surface area contributed by atoms with Crippen LogP contribution in [0.1, 0.15) is 37.3 Å². The summed E-state index contributed by atoms with van der Waals surface area (Å²) in [6.07, 6.45) is 1.50. The van der Waals surface area contributed by atoms with E-state index < -0.39 is 11.9 Å². The highest BCUT2D eigenvalue weighted by Crippen LogP contribution is 2.23. The van der Waals surface area contributed by atoms with E-state index in [1.165, 1.54) is 0 Å². The van der Waals surface area contributed by atoms with E-state index in [0.29, 0.717) is 19.3 Å². The van der Waals surface area contributed by atoms with Crippen LogP contribution in [0.4, 0.5) is 0 Å². The fourth-order valence-corrected chi connectivity index (χ4v) is 3.43. The Hall–Kier alpha value is -1.95. The number of amides is 1. The molecule has 0 aliphatic heterocycles. The van der Waals surface area contributed by atoms with E-state index in [1.807, 2.05) is 26.0 Å². The zero-order chi connectivity index (χ0) is 17.0. The van der Waals surface area contributed by atoms with Gasteiger partial charge in [0.2, 0.25) is 5.91 Å². The van der Waals surface area contributed by atoms with E-state index >= 15 is 0 Å². The summed E-state index contributed by atoms with van der Waals surface area (Å²) in [5.41, 5.74) is 2.11. The predicted molar refractivity (Wildman–Crippen MR) is 91.7 cm³/mol. The molecule has 23 heavy (non-hydrogen) atoms. The maximum Gasteiger partial charge on any atom is 0.306 e. The molecule has 1 heterocycles. The van der Waals surface area contributed by atoms with Gasteiger partial charge in [0.1, 0.15) is 0 Å². The molecule has 2 unspecified atom stereocenters. The number of hydrogen-bond acceptors (Lipinski definition) is 4. The lowest BCUT2D eigenvalue weighted by atomic mass is 10.0. The number of hydrogen-bond donors (Lipinski definition) is 2. The number of aromatic nitrogens is 1. The maximum atomic E-state index is 12.0. The van der Waals surface area contributed by atoms with Crippen LogP contribution in [0.3, 0.4) is 0 Å². The molecule has 0 radical (unpaired) electrons. The number of carboxylic acid groups (broad SMARTS) is 1. The molecule has 2 aromatic rings. The van der Waals surface area contributed by atoms with Gasteiger partial charge in [0.15, 0.2) is 0 Å². The molecule has 124 valence electrons. The number of nitrogens with one attached hydrogen (secondary N) is 1. The number of fused-ring (bicyclic) bond motifs is 1. The minimum absolute atomic E-state index is 0.0457. The molecule has 2 rings (SSSR count). The minimum atomic E-state index is -0.834. The lowest BCUT2D eigenvalue weighted by Gasteiger charge is -2.16. The predicted octanol–water partition coefficient (Wildman–Crippen LogP) is 3.15. The molecule has 0 saturated heterocycles. The van der Waals surface area contributed by atoms with Crippen molar-refractivity contribution in [1.29, 1.82) is 0 Å². The monoisotopic (exact) mass is 334 g/mol. The van der Waals surface area contributed by atoms with Crippen LogP contribution in [0.5, 0.6) is 0 Å². The molecule has 0 bridgehead atoms. The van der Waals surface area contributed by atoms with Gasteiger partial charge in [0.25, 0.3) is 0 Å². The summed E-state index contributed by atoms with van der Waals surface area (Å²) in [5.74, 6) is -1.34. The first kappa shape index (κ1) is 17.4. The van der Waals surface area contributed by atoms with Crippen molar-refractivity contribution in [2.24, 2.45) is 5.92 Å². The van der Waals surface area contributed by atoms with Crippen molar-refractivity contribution >= 4 is 33.4 Å². The molecule has 0 fully saturated rings. The Kier molecular flexibility index (Phi) is 5.71. The van der Waals surface area contributed by atoms with Gasteiger partial charge in [0.05, 0.1) is 21.1 Å². The topological polar surface area (TPSA) is 79.3 Å². The number of aryl methyl sites for hydroxylation is 2. The van der Waals surface area contributed by atoms with Crippen molar-refractivity contribution in [3.8, 4) is 0 Å². The van der Waals surface area contributed by atoms with Crippen LogP contribution in [0.25, 0.3) is 10.2 Å². The van der Waals surface area contributed by atoms with Crippen molar-refractivity contribution in [3.63, 3.8) is 0 Å². The lowest BCUT2D eigenvalue weighted by molar-refractivity contribution is -0.141. The van der Waals surface area contributed by atoms with Crippen molar-refractivity contribution in [1.82, 2.24) is 10.3 Å². The summed E-state index contributed by atoms with van der Waals surface area (Å²) in [4.78, 5) is 27.2. The molecule has 0 aliphatic carbocycles. The zero-order valence-electron chi connectivity index (χ0n) is 13.6. The first-order valence-electron chi connectivity index (χ1n) is 7.73. The summed E-state index contributed by atoms with van der Waals surface area (Å²) < 4.78 is 1.14. The summed E-state index contributed by atoms with van der Waals surface area (Å²) in [6.45, 7) is 5.47. The summed E-state index contributed by atoms with van der Waals surface area (Å²) in [6, 6.07) is 5.94. The second-order valence-corrected chi connectivity index (χ2v) is 7.21. The van der Waals surface area contributed by atoms with E-state index in [2.05, 4.69) is 16.4 Å². The van der Waals surface area contributed by atoms with Crippen LogP contribution in [0, 0.1) is 12.8 Å². The average molecular weight is 334 g/mol. The molecule has 1 aromatic heterocycles. The smallest absolute Gasteiger partial charge is 0.306 e. The molecule has 0 aliphatic rings. The fraction of sp³-hybridized carbons (Fsp3) is 0.471. The summed E-state index contributed by atoms with van der Waals surface area (Å²) in [5, 5.41) is 12.8. The van der Waals surface area contributed by atoms with E-state index in [4.69, 9.17) is 5.11 Å². The van der Waals surface area contributed by atoms with Crippen molar-refractivity contribution in [2.45, 2.75) is 46.1 Å². The molecular formula is C17H22N2O3S. The van der Waals surface area contributed by atoms with Crippen molar-refractivity contribution in [2.75, 3.05) is 0 Å². The highest BCUT2D eigenvalue weighted by atomic mass is 32.1. The highest BCUT2D eigenvalue weighted by molar-refractivity contribution is 7.18. The number of thiazole rings is 1. The van der Waals surface area contributed by atoms with E-state index in [9.17, 15) is 9.59 Å². The number of benzene rings is 1. The second-order valence-electron chi connectivity index (χ2n) is 5.98. The first-order valence-corrected chi connectivity index (χ1v) is 8.55. The molecule has 2 atom stereocenters. The number of carbonyl (C=O) groups excluding carboxylic acids is 1. The number of carboxylic acids is 1. The van der Waals surface area contributed by atoms with Gasteiger partial charge in [-0.25, -0.2) is 4.98 Å². The lowest BCUT2D eigenvalue weighted by Crippen LogP contribution is -2.35. The molecule has 5 nitrogen and oxygen atoms in total. The van der Waals surface area contributed by atoms with E-state index in [0.717, 1.165) is 20.8 Å². The molecule has 0 saturated carbocycles. The normalized spacial score (nSPS) is 13.7. The van der Waals surface area contributed by atoms with Gasteiger partial charge in [-0.15, -0.1) is 11.3 Å². The third-order valence-corrected chi connectivity index (χ3v) is 4.67. The minimum Gasteiger partial charge on any atom is -0.481 e. The summed E-state index contributed by atoms with van der Waals surface area (Å²) >= 11 is 1.65. The van der Waals surface area contributed by atoms with Crippen LogP contribution in [0.2, 0.25) is 0 Å². The van der Waals surface area contributed by atoms with Gasteiger partial charge in [-0.05, 0) is 44.4 Å². The Bertz CT molecular complexity index is 711. The second kappa shape index (κ2) is 7.55. The first-order chi connectivity index (χ1) is 10.8. The van der Waals surface area contributed by atoms with Gasteiger partial charge < -0.3 is 10.4 Å². The van der Waals surface area contributed by atoms with E-state index in [-0.39, 0.29) is 11.9 Å². The Labute approximate surface area is 139 Å². The van der Waals surface area contributed by atoms with Gasteiger partial charge in [-0.3, -0.25) is 9.59 Å². The number of rotatable bonds is 7. The van der Waals surface area contributed by atoms with Crippen LogP contribution in [0.15, 0.2) is 18.2 Å². The van der Waals surface area contributed by atoms with Crippen molar-refractivity contribution in [3.05, 3.63) is 28.8 Å². The van der Waals surface area contributed by atoms with Gasteiger partial charge in [0, 0.05) is 12.5 Å². The maximum absolute atomic E-state index is 12.0. The number of nitrogens with zero attached hydrogens (tertiary/aromatic N) is 1. The van der Waals surface area contributed by atoms with E-state index in [1.54, 1.807) is 18.3 Å². The summed E-state index contributed by atoms with van der Waals surface area (Å²) in [7, 11) is 0. The molecule has 1 aromatic carbocycles. The van der Waals surface area contributed by atoms with Crippen LogP contribution < -0.4 is 5.32 Å². The van der Waals surface area contributed by atoms with Crippen molar-refractivity contribution < 1.29 is 14.7 Å². The Morgan fingerprint density at radius 1 is 1.35 bits per heavy atom. The van der Waals surface area contributed by atoms with Gasteiger partial charge in [-0.1, -0.05) is 13.0 Å². The largest absolute Gasteiger partial charge is 0.481 e. The Balaban J connectivity index is 1.84.